The van der Waals surface area contributed by atoms with E-state index in [-0.39, 0.29) is 6.42 Å². The second-order valence-electron chi connectivity index (χ2n) is 5.95. The number of ether oxygens (including phenoxy) is 1. The zero-order valence-electron chi connectivity index (χ0n) is 12.0. The van der Waals surface area contributed by atoms with Gasteiger partial charge in [-0.25, -0.2) is 0 Å². The molecule has 2 fully saturated rings. The average Bonchev–Trinajstić information content (AvgIpc) is 2.35. The lowest BCUT2D eigenvalue weighted by molar-refractivity contribution is -0.137. The van der Waals surface area contributed by atoms with Crippen LogP contribution in [0, 0.1) is 0 Å². The van der Waals surface area contributed by atoms with Gasteiger partial charge in [-0.1, -0.05) is 0 Å². The lowest BCUT2D eigenvalue weighted by atomic mass is 10.0. The van der Waals surface area contributed by atoms with Gasteiger partial charge in [-0.3, -0.25) is 9.69 Å². The van der Waals surface area contributed by atoms with Crippen LogP contribution in [0.2, 0.25) is 0 Å². The van der Waals surface area contributed by atoms with Crippen molar-refractivity contribution in [2.75, 3.05) is 32.7 Å². The van der Waals surface area contributed by atoms with Crippen molar-refractivity contribution in [2.24, 2.45) is 0 Å². The van der Waals surface area contributed by atoms with E-state index in [0.29, 0.717) is 24.8 Å². The Morgan fingerprint density at radius 2 is 1.95 bits per heavy atom. The molecule has 0 radical (unpaired) electrons. The minimum absolute atomic E-state index is 0.253. The molecule has 0 saturated carbocycles. The molecule has 0 amide bonds. The van der Waals surface area contributed by atoms with Crippen molar-refractivity contribution in [3.63, 3.8) is 0 Å². The summed E-state index contributed by atoms with van der Waals surface area (Å²) < 4.78 is 5.78. The van der Waals surface area contributed by atoms with Gasteiger partial charge in [0, 0.05) is 32.2 Å². The summed E-state index contributed by atoms with van der Waals surface area (Å²) in [4.78, 5) is 15.5. The lowest BCUT2D eigenvalue weighted by Gasteiger charge is -2.44. The fourth-order valence-corrected chi connectivity index (χ4v) is 3.30. The molecule has 2 saturated heterocycles. The first kappa shape index (κ1) is 14.8. The molecule has 3 atom stereocenters. The third-order valence-electron chi connectivity index (χ3n) is 4.09. The van der Waals surface area contributed by atoms with Crippen LogP contribution in [0.4, 0.5) is 0 Å². The minimum atomic E-state index is -0.698. The maximum absolute atomic E-state index is 10.7. The van der Waals surface area contributed by atoms with E-state index < -0.39 is 5.97 Å². The molecule has 2 heterocycles. The van der Waals surface area contributed by atoms with Crippen LogP contribution in [0.5, 0.6) is 0 Å². The third kappa shape index (κ3) is 4.44. The molecule has 0 aromatic heterocycles. The molecule has 110 valence electrons. The SMILES string of the molecule is CC1CN(C2CCCN(CCC(=O)O)C2)CC(C)O1. The highest BCUT2D eigenvalue weighted by Crippen LogP contribution is 2.20. The first-order valence-electron chi connectivity index (χ1n) is 7.38. The smallest absolute Gasteiger partial charge is 0.304 e. The highest BCUT2D eigenvalue weighted by Gasteiger charge is 2.30. The van der Waals surface area contributed by atoms with Crippen molar-refractivity contribution in [1.29, 1.82) is 0 Å². The fourth-order valence-electron chi connectivity index (χ4n) is 3.30. The zero-order valence-corrected chi connectivity index (χ0v) is 12.0. The summed E-state index contributed by atoms with van der Waals surface area (Å²) in [5.41, 5.74) is 0. The number of rotatable bonds is 4. The van der Waals surface area contributed by atoms with Crippen LogP contribution in [0.15, 0.2) is 0 Å². The van der Waals surface area contributed by atoms with Gasteiger partial charge in [-0.05, 0) is 33.2 Å². The highest BCUT2D eigenvalue weighted by molar-refractivity contribution is 5.66. The zero-order chi connectivity index (χ0) is 13.8. The van der Waals surface area contributed by atoms with E-state index in [2.05, 4.69) is 23.6 Å². The number of likely N-dealkylation sites (tertiary alicyclic amines) is 1. The summed E-state index contributed by atoms with van der Waals surface area (Å²) >= 11 is 0. The number of piperidine rings is 1. The van der Waals surface area contributed by atoms with Crippen LogP contribution >= 0.6 is 0 Å². The topological polar surface area (TPSA) is 53.0 Å². The molecule has 5 nitrogen and oxygen atoms in total. The van der Waals surface area contributed by atoms with E-state index in [1.54, 1.807) is 0 Å². The number of carboxylic acid groups (broad SMARTS) is 1. The molecular weight excluding hydrogens is 244 g/mol. The van der Waals surface area contributed by atoms with E-state index in [4.69, 9.17) is 9.84 Å². The Bertz CT molecular complexity index is 301. The molecule has 5 heteroatoms. The van der Waals surface area contributed by atoms with E-state index in [1.165, 1.54) is 12.8 Å². The molecule has 0 aromatic rings. The van der Waals surface area contributed by atoms with Crippen LogP contribution in [-0.2, 0) is 9.53 Å². The van der Waals surface area contributed by atoms with E-state index >= 15 is 0 Å². The predicted octanol–water partition coefficient (Wildman–Crippen LogP) is 1.03. The normalized spacial score (nSPS) is 34.3. The monoisotopic (exact) mass is 270 g/mol. The number of aliphatic carboxylic acids is 1. The summed E-state index contributed by atoms with van der Waals surface area (Å²) in [7, 11) is 0. The van der Waals surface area contributed by atoms with Crippen LogP contribution in [-0.4, -0.2) is 71.8 Å². The average molecular weight is 270 g/mol. The van der Waals surface area contributed by atoms with Gasteiger partial charge in [-0.15, -0.1) is 0 Å². The summed E-state index contributed by atoms with van der Waals surface area (Å²) in [6.07, 6.45) is 3.26. The van der Waals surface area contributed by atoms with Gasteiger partial charge in [0.1, 0.15) is 0 Å². The molecule has 0 spiro atoms. The molecule has 2 aliphatic heterocycles. The number of hydrogen-bond donors (Lipinski definition) is 1. The highest BCUT2D eigenvalue weighted by atomic mass is 16.5. The summed E-state index contributed by atoms with van der Waals surface area (Å²) in [6.45, 7) is 9.00. The predicted molar refractivity (Wildman–Crippen MR) is 73.3 cm³/mol. The first-order valence-corrected chi connectivity index (χ1v) is 7.38. The minimum Gasteiger partial charge on any atom is -0.481 e. The maximum Gasteiger partial charge on any atom is 0.304 e. The van der Waals surface area contributed by atoms with Gasteiger partial charge >= 0.3 is 5.97 Å². The van der Waals surface area contributed by atoms with Crippen LogP contribution in [0.25, 0.3) is 0 Å². The van der Waals surface area contributed by atoms with Gasteiger partial charge in [0.25, 0.3) is 0 Å². The Hall–Kier alpha value is -0.650. The molecule has 2 rings (SSSR count). The number of carboxylic acids is 1. The van der Waals surface area contributed by atoms with Gasteiger partial charge in [0.05, 0.1) is 18.6 Å². The fraction of sp³-hybridized carbons (Fsp3) is 0.929. The van der Waals surface area contributed by atoms with Gasteiger partial charge in [0.2, 0.25) is 0 Å². The largest absolute Gasteiger partial charge is 0.481 e. The lowest BCUT2D eigenvalue weighted by Crippen LogP contribution is -2.55. The Balaban J connectivity index is 1.84. The van der Waals surface area contributed by atoms with Gasteiger partial charge in [-0.2, -0.15) is 0 Å². The standard InChI is InChI=1S/C14H26N2O3/c1-11-8-16(9-12(2)19-11)13-4-3-6-15(10-13)7-5-14(17)18/h11-13H,3-10H2,1-2H3,(H,17,18). The Labute approximate surface area is 115 Å². The Kier molecular flexibility index (Phi) is 5.19. The number of hydrogen-bond acceptors (Lipinski definition) is 4. The van der Waals surface area contributed by atoms with E-state index in [1.807, 2.05) is 0 Å². The van der Waals surface area contributed by atoms with Crippen LogP contribution in [0.3, 0.4) is 0 Å². The van der Waals surface area contributed by atoms with E-state index in [9.17, 15) is 4.79 Å². The molecule has 19 heavy (non-hydrogen) atoms. The second-order valence-corrected chi connectivity index (χ2v) is 5.95. The molecule has 0 aromatic carbocycles. The van der Waals surface area contributed by atoms with Crippen molar-refractivity contribution in [2.45, 2.75) is 51.4 Å². The van der Waals surface area contributed by atoms with Crippen LogP contribution in [0.1, 0.15) is 33.1 Å². The summed E-state index contributed by atoms with van der Waals surface area (Å²) in [6, 6.07) is 0.566. The molecule has 1 N–H and O–H groups in total. The maximum atomic E-state index is 10.7. The van der Waals surface area contributed by atoms with Gasteiger partial charge < -0.3 is 14.7 Å². The van der Waals surface area contributed by atoms with E-state index in [0.717, 1.165) is 26.2 Å². The Morgan fingerprint density at radius 1 is 1.26 bits per heavy atom. The molecule has 0 aliphatic carbocycles. The molecular formula is C14H26N2O3. The Morgan fingerprint density at radius 3 is 2.58 bits per heavy atom. The molecule has 3 unspecified atom stereocenters. The molecule has 2 aliphatic rings. The molecule has 0 bridgehead atoms. The van der Waals surface area contributed by atoms with Crippen molar-refractivity contribution in [1.82, 2.24) is 9.80 Å². The first-order chi connectivity index (χ1) is 9.04. The van der Waals surface area contributed by atoms with Crippen molar-refractivity contribution in [3.05, 3.63) is 0 Å². The number of carbonyl (C=O) groups is 1. The number of nitrogens with zero attached hydrogens (tertiary/aromatic N) is 2. The quantitative estimate of drug-likeness (QED) is 0.827. The van der Waals surface area contributed by atoms with Crippen molar-refractivity contribution in [3.8, 4) is 0 Å². The summed E-state index contributed by atoms with van der Waals surface area (Å²) in [5.74, 6) is -0.698. The van der Waals surface area contributed by atoms with Crippen LogP contribution < -0.4 is 0 Å². The van der Waals surface area contributed by atoms with Crippen molar-refractivity contribution >= 4 is 5.97 Å². The summed E-state index contributed by atoms with van der Waals surface area (Å²) in [5, 5.41) is 8.77. The number of morpholine rings is 1. The van der Waals surface area contributed by atoms with Crippen molar-refractivity contribution < 1.29 is 14.6 Å². The van der Waals surface area contributed by atoms with Gasteiger partial charge in [0.15, 0.2) is 0 Å². The second kappa shape index (κ2) is 6.68. The third-order valence-corrected chi connectivity index (χ3v) is 4.09.